The minimum absolute atomic E-state index is 0.0255. The molecule has 11 heavy (non-hydrogen) atoms. The molecule has 0 aromatic rings. The van der Waals surface area contributed by atoms with Crippen molar-refractivity contribution in [2.75, 3.05) is 13.7 Å². The lowest BCUT2D eigenvalue weighted by atomic mass is 10.0. The Morgan fingerprint density at radius 2 is 2.55 bits per heavy atom. The number of carboxylic acids is 1. The SMILES string of the molecule is COC1OCC[C@@H]1CC(=O)O. The van der Waals surface area contributed by atoms with Crippen LogP contribution in [0.2, 0.25) is 0 Å². The van der Waals surface area contributed by atoms with Crippen molar-refractivity contribution in [2.45, 2.75) is 19.1 Å². The van der Waals surface area contributed by atoms with E-state index >= 15 is 0 Å². The summed E-state index contributed by atoms with van der Waals surface area (Å²) in [5.41, 5.74) is 0. The molecule has 0 spiro atoms. The fourth-order valence-electron chi connectivity index (χ4n) is 1.29. The van der Waals surface area contributed by atoms with Gasteiger partial charge < -0.3 is 14.6 Å². The zero-order valence-corrected chi connectivity index (χ0v) is 6.45. The second-order valence-corrected chi connectivity index (χ2v) is 2.62. The van der Waals surface area contributed by atoms with Crippen LogP contribution >= 0.6 is 0 Å². The van der Waals surface area contributed by atoms with E-state index in [1.807, 2.05) is 0 Å². The van der Waals surface area contributed by atoms with E-state index < -0.39 is 5.97 Å². The summed E-state index contributed by atoms with van der Waals surface area (Å²) in [6.07, 6.45) is 0.606. The van der Waals surface area contributed by atoms with Crippen molar-refractivity contribution in [1.29, 1.82) is 0 Å². The highest BCUT2D eigenvalue weighted by Gasteiger charge is 2.29. The molecule has 0 radical (unpaired) electrons. The molecule has 1 saturated heterocycles. The van der Waals surface area contributed by atoms with Gasteiger partial charge in [-0.15, -0.1) is 0 Å². The quantitative estimate of drug-likeness (QED) is 0.652. The number of aliphatic carboxylic acids is 1. The molecule has 4 nitrogen and oxygen atoms in total. The first-order valence-electron chi connectivity index (χ1n) is 3.60. The molecule has 64 valence electrons. The molecule has 1 unspecified atom stereocenters. The maximum absolute atomic E-state index is 10.3. The van der Waals surface area contributed by atoms with Gasteiger partial charge in [0, 0.05) is 13.0 Å². The van der Waals surface area contributed by atoms with Crippen molar-refractivity contribution >= 4 is 5.97 Å². The van der Waals surface area contributed by atoms with Gasteiger partial charge in [0.05, 0.1) is 13.0 Å². The van der Waals surface area contributed by atoms with Crippen LogP contribution in [0.4, 0.5) is 0 Å². The molecule has 0 bridgehead atoms. The summed E-state index contributed by atoms with van der Waals surface area (Å²) in [5.74, 6) is -0.764. The maximum atomic E-state index is 10.3. The standard InChI is InChI=1S/C7H12O4/c1-10-7-5(2-3-11-7)4-6(8)9/h5,7H,2-4H2,1H3,(H,8,9)/t5-,7?/m1/s1. The summed E-state index contributed by atoms with van der Waals surface area (Å²) in [7, 11) is 1.53. The van der Waals surface area contributed by atoms with Crippen LogP contribution in [0, 0.1) is 5.92 Å². The smallest absolute Gasteiger partial charge is 0.303 e. The second kappa shape index (κ2) is 3.69. The Labute approximate surface area is 65.1 Å². The fourth-order valence-corrected chi connectivity index (χ4v) is 1.29. The molecule has 1 N–H and O–H groups in total. The summed E-state index contributed by atoms with van der Waals surface area (Å²) in [5, 5.41) is 8.48. The minimum atomic E-state index is -0.789. The van der Waals surface area contributed by atoms with Gasteiger partial charge in [-0.25, -0.2) is 0 Å². The van der Waals surface area contributed by atoms with Crippen molar-refractivity contribution in [3.8, 4) is 0 Å². The lowest BCUT2D eigenvalue weighted by Crippen LogP contribution is -2.20. The molecule has 1 heterocycles. The third kappa shape index (κ3) is 2.17. The first kappa shape index (κ1) is 8.49. The molecule has 1 rings (SSSR count). The first-order chi connectivity index (χ1) is 5.24. The molecule has 0 aliphatic carbocycles. The fraction of sp³-hybridized carbons (Fsp3) is 0.857. The predicted octanol–water partition coefficient (Wildman–Crippen LogP) is 0.470. The maximum Gasteiger partial charge on any atom is 0.303 e. The topological polar surface area (TPSA) is 55.8 Å². The van der Waals surface area contributed by atoms with Crippen LogP contribution in [0.25, 0.3) is 0 Å². The van der Waals surface area contributed by atoms with Crippen LogP contribution in [0.3, 0.4) is 0 Å². The van der Waals surface area contributed by atoms with Gasteiger partial charge in [0.2, 0.25) is 0 Å². The Balaban J connectivity index is 2.37. The van der Waals surface area contributed by atoms with Gasteiger partial charge in [0.1, 0.15) is 0 Å². The summed E-state index contributed by atoms with van der Waals surface area (Å²) < 4.78 is 10.1. The van der Waals surface area contributed by atoms with Crippen molar-refractivity contribution in [3.05, 3.63) is 0 Å². The molecule has 1 fully saturated rings. The summed E-state index contributed by atoms with van der Waals surface area (Å²) in [4.78, 5) is 10.3. The Morgan fingerprint density at radius 1 is 1.82 bits per heavy atom. The summed E-state index contributed by atoms with van der Waals surface area (Å²) >= 11 is 0. The zero-order chi connectivity index (χ0) is 8.27. The van der Waals surface area contributed by atoms with Crippen LogP contribution in [0.15, 0.2) is 0 Å². The molecule has 0 aromatic carbocycles. The minimum Gasteiger partial charge on any atom is -0.481 e. The van der Waals surface area contributed by atoms with E-state index in [2.05, 4.69) is 0 Å². The Kier molecular flexibility index (Phi) is 2.84. The zero-order valence-electron chi connectivity index (χ0n) is 6.45. The van der Waals surface area contributed by atoms with Crippen LogP contribution in [-0.4, -0.2) is 31.1 Å². The highest BCUT2D eigenvalue weighted by atomic mass is 16.7. The summed E-state index contributed by atoms with van der Waals surface area (Å²) in [6.45, 7) is 0.608. The molecule has 0 amide bonds. The number of hydrogen-bond acceptors (Lipinski definition) is 3. The second-order valence-electron chi connectivity index (χ2n) is 2.62. The molecule has 1 aliphatic heterocycles. The van der Waals surface area contributed by atoms with Gasteiger partial charge in [-0.3, -0.25) is 4.79 Å². The average molecular weight is 160 g/mol. The van der Waals surface area contributed by atoms with E-state index in [4.69, 9.17) is 14.6 Å². The van der Waals surface area contributed by atoms with E-state index in [0.717, 1.165) is 6.42 Å². The molecule has 2 atom stereocenters. The molecule has 0 aromatic heterocycles. The van der Waals surface area contributed by atoms with Gasteiger partial charge in [-0.2, -0.15) is 0 Å². The highest BCUT2D eigenvalue weighted by Crippen LogP contribution is 2.24. The number of carbonyl (C=O) groups is 1. The molecule has 4 heteroatoms. The lowest BCUT2D eigenvalue weighted by Gasteiger charge is -2.13. The van der Waals surface area contributed by atoms with E-state index in [9.17, 15) is 4.79 Å². The molecule has 0 saturated carbocycles. The molecular weight excluding hydrogens is 148 g/mol. The van der Waals surface area contributed by atoms with Crippen molar-refractivity contribution < 1.29 is 19.4 Å². The van der Waals surface area contributed by atoms with Crippen LogP contribution in [0.1, 0.15) is 12.8 Å². The van der Waals surface area contributed by atoms with Gasteiger partial charge in [0.25, 0.3) is 0 Å². The number of ether oxygens (including phenoxy) is 2. The Hall–Kier alpha value is -0.610. The first-order valence-corrected chi connectivity index (χ1v) is 3.60. The third-order valence-electron chi connectivity index (χ3n) is 1.82. The van der Waals surface area contributed by atoms with Gasteiger partial charge in [0.15, 0.2) is 6.29 Å². The molecule has 1 aliphatic rings. The number of carboxylic acid groups (broad SMARTS) is 1. The molecular formula is C7H12O4. The number of rotatable bonds is 3. The number of methoxy groups -OCH3 is 1. The van der Waals surface area contributed by atoms with Crippen molar-refractivity contribution in [1.82, 2.24) is 0 Å². The van der Waals surface area contributed by atoms with Gasteiger partial charge in [-0.1, -0.05) is 0 Å². The van der Waals surface area contributed by atoms with Crippen molar-refractivity contribution in [3.63, 3.8) is 0 Å². The Morgan fingerprint density at radius 3 is 3.09 bits per heavy atom. The highest BCUT2D eigenvalue weighted by molar-refractivity contribution is 5.67. The third-order valence-corrected chi connectivity index (χ3v) is 1.82. The van der Waals surface area contributed by atoms with Crippen molar-refractivity contribution in [2.24, 2.45) is 5.92 Å². The van der Waals surface area contributed by atoms with E-state index in [1.54, 1.807) is 0 Å². The summed E-state index contributed by atoms with van der Waals surface area (Å²) in [6, 6.07) is 0. The van der Waals surface area contributed by atoms with E-state index in [1.165, 1.54) is 7.11 Å². The van der Waals surface area contributed by atoms with E-state index in [0.29, 0.717) is 6.61 Å². The Bertz CT molecular complexity index is 145. The van der Waals surface area contributed by atoms with Gasteiger partial charge in [-0.05, 0) is 6.42 Å². The van der Waals surface area contributed by atoms with Crippen LogP contribution in [-0.2, 0) is 14.3 Å². The van der Waals surface area contributed by atoms with E-state index in [-0.39, 0.29) is 18.6 Å². The number of hydrogen-bond donors (Lipinski definition) is 1. The van der Waals surface area contributed by atoms with Crippen LogP contribution in [0.5, 0.6) is 0 Å². The van der Waals surface area contributed by atoms with Gasteiger partial charge >= 0.3 is 5.97 Å². The largest absolute Gasteiger partial charge is 0.481 e. The average Bonchev–Trinajstić information content (AvgIpc) is 2.34. The normalized spacial score (nSPS) is 30.6. The monoisotopic (exact) mass is 160 g/mol. The predicted molar refractivity (Wildman–Crippen MR) is 37.1 cm³/mol. The van der Waals surface area contributed by atoms with Crippen LogP contribution < -0.4 is 0 Å². The lowest BCUT2D eigenvalue weighted by molar-refractivity contribution is -0.144.